The highest BCUT2D eigenvalue weighted by molar-refractivity contribution is 7.92. The Labute approximate surface area is 189 Å². The van der Waals surface area contributed by atoms with E-state index in [0.717, 1.165) is 32.4 Å². The van der Waals surface area contributed by atoms with E-state index in [1.54, 1.807) is 21.6 Å². The molecule has 0 saturated carbocycles. The maximum absolute atomic E-state index is 13.3. The number of fused-ring (bicyclic) bond motifs is 1. The molecule has 2 fully saturated rings. The molecule has 0 N–H and O–H groups in total. The number of aromatic nitrogens is 1. The maximum Gasteiger partial charge on any atom is 0.242 e. The molecule has 2 aromatic rings. The van der Waals surface area contributed by atoms with Crippen LogP contribution in [0.1, 0.15) is 33.1 Å². The Morgan fingerprint density at radius 3 is 2.31 bits per heavy atom. The van der Waals surface area contributed by atoms with Crippen molar-refractivity contribution in [1.29, 1.82) is 0 Å². The number of carbonyl (C=O) groups excluding carboxylic acids is 2. The zero-order chi connectivity index (χ0) is 22.9. The Morgan fingerprint density at radius 1 is 0.969 bits per heavy atom. The number of carbonyl (C=O) groups is 2. The highest BCUT2D eigenvalue weighted by atomic mass is 32.2. The number of hydrogen-bond donors (Lipinski definition) is 0. The molecule has 0 unspecified atom stereocenters. The van der Waals surface area contributed by atoms with Crippen LogP contribution < -0.4 is 0 Å². The van der Waals surface area contributed by atoms with Crippen molar-refractivity contribution in [2.45, 2.75) is 56.8 Å². The second-order valence-electron chi connectivity index (χ2n) is 8.89. The second-order valence-corrected chi connectivity index (χ2v) is 10.9. The average molecular weight is 462 g/mol. The van der Waals surface area contributed by atoms with Gasteiger partial charge in [-0.05, 0) is 39.2 Å². The summed E-state index contributed by atoms with van der Waals surface area (Å²) in [5, 5.41) is 0.537. The van der Waals surface area contributed by atoms with Gasteiger partial charge in [-0.15, -0.1) is 0 Å². The van der Waals surface area contributed by atoms with E-state index in [9.17, 15) is 18.0 Å². The molecule has 2 amide bonds. The van der Waals surface area contributed by atoms with E-state index in [2.05, 4.69) is 0 Å². The lowest BCUT2D eigenvalue weighted by Gasteiger charge is -2.35. The molecule has 1 aromatic heterocycles. The Bertz CT molecular complexity index is 1090. The van der Waals surface area contributed by atoms with Crippen molar-refractivity contribution < 1.29 is 22.7 Å². The molecule has 0 aliphatic carbocycles. The topological polar surface area (TPSA) is 88.9 Å². The lowest BCUT2D eigenvalue weighted by atomic mass is 10.1. The molecule has 2 aliphatic heterocycles. The van der Waals surface area contributed by atoms with Gasteiger partial charge in [-0.1, -0.05) is 18.2 Å². The van der Waals surface area contributed by atoms with Gasteiger partial charge in [-0.25, -0.2) is 8.42 Å². The number of amides is 2. The quantitative estimate of drug-likeness (QED) is 0.680. The molecule has 2 atom stereocenters. The number of ether oxygens (including phenoxy) is 1. The number of para-hydroxylation sites is 1. The van der Waals surface area contributed by atoms with E-state index in [1.165, 1.54) is 6.20 Å². The van der Waals surface area contributed by atoms with Gasteiger partial charge in [0.2, 0.25) is 11.8 Å². The Balaban J connectivity index is 1.58. The molecule has 0 bridgehead atoms. The maximum atomic E-state index is 13.3. The van der Waals surface area contributed by atoms with Crippen LogP contribution in [0.25, 0.3) is 10.9 Å². The monoisotopic (exact) mass is 461 g/mol. The smallest absolute Gasteiger partial charge is 0.242 e. The summed E-state index contributed by atoms with van der Waals surface area (Å²) in [5.74, 6) is -1.03. The van der Waals surface area contributed by atoms with Gasteiger partial charge < -0.3 is 19.1 Å². The van der Waals surface area contributed by atoms with E-state index in [1.807, 2.05) is 30.9 Å². The molecule has 32 heavy (non-hydrogen) atoms. The molecular weight excluding hydrogens is 430 g/mol. The molecule has 0 spiro atoms. The Morgan fingerprint density at radius 2 is 1.62 bits per heavy atom. The second kappa shape index (κ2) is 9.23. The first-order valence-corrected chi connectivity index (χ1v) is 12.9. The fraction of sp³-hybridized carbons (Fsp3) is 0.565. The summed E-state index contributed by atoms with van der Waals surface area (Å²) in [6.07, 6.45) is 4.38. The third kappa shape index (κ3) is 4.83. The van der Waals surface area contributed by atoms with E-state index in [4.69, 9.17) is 4.74 Å². The van der Waals surface area contributed by atoms with E-state index in [-0.39, 0.29) is 29.6 Å². The first kappa shape index (κ1) is 22.8. The fourth-order valence-electron chi connectivity index (χ4n) is 4.69. The number of likely N-dealkylation sites (tertiary alicyclic amines) is 1. The first-order valence-electron chi connectivity index (χ1n) is 11.3. The van der Waals surface area contributed by atoms with Crippen molar-refractivity contribution in [2.24, 2.45) is 0 Å². The van der Waals surface area contributed by atoms with Crippen LogP contribution >= 0.6 is 0 Å². The number of nitrogens with zero attached hydrogens (tertiary/aromatic N) is 3. The summed E-state index contributed by atoms with van der Waals surface area (Å²) in [4.78, 5) is 29.1. The van der Waals surface area contributed by atoms with Crippen molar-refractivity contribution >= 4 is 32.6 Å². The predicted octanol–water partition coefficient (Wildman–Crippen LogP) is 2.06. The minimum absolute atomic E-state index is 0.0123. The van der Waals surface area contributed by atoms with Crippen LogP contribution in [-0.2, 0) is 30.7 Å². The van der Waals surface area contributed by atoms with E-state index < -0.39 is 21.5 Å². The number of hydrogen-bond acceptors (Lipinski definition) is 5. The highest BCUT2D eigenvalue weighted by Crippen LogP contribution is 2.27. The van der Waals surface area contributed by atoms with Crippen molar-refractivity contribution in [2.75, 3.05) is 31.9 Å². The number of rotatable bonds is 5. The normalized spacial score (nSPS) is 22.3. The molecule has 4 rings (SSSR count). The van der Waals surface area contributed by atoms with Gasteiger partial charge in [-0.2, -0.15) is 0 Å². The largest absolute Gasteiger partial charge is 0.372 e. The van der Waals surface area contributed by atoms with Gasteiger partial charge in [-0.3, -0.25) is 9.59 Å². The van der Waals surface area contributed by atoms with E-state index >= 15 is 0 Å². The summed E-state index contributed by atoms with van der Waals surface area (Å²) >= 11 is 0. The minimum atomic E-state index is -3.89. The molecule has 0 radical (unpaired) electrons. The predicted molar refractivity (Wildman–Crippen MR) is 121 cm³/mol. The van der Waals surface area contributed by atoms with Crippen molar-refractivity contribution in [3.8, 4) is 0 Å². The van der Waals surface area contributed by atoms with Crippen LogP contribution in [0, 0.1) is 0 Å². The molecule has 1 aromatic carbocycles. The molecular formula is C23H31N3O5S. The summed E-state index contributed by atoms with van der Waals surface area (Å²) in [5.41, 5.74) is 0.678. The summed E-state index contributed by atoms with van der Waals surface area (Å²) in [7, 11) is -3.89. The van der Waals surface area contributed by atoms with Crippen molar-refractivity contribution in [3.05, 3.63) is 30.5 Å². The van der Waals surface area contributed by atoms with Crippen LogP contribution in [0.3, 0.4) is 0 Å². The van der Waals surface area contributed by atoms with E-state index in [0.29, 0.717) is 24.0 Å². The standard InChI is InChI=1S/C23H31N3O5S/c1-17-12-26(13-18(2)31-17)23(28)16-32(29,30)21-14-25(20-9-5-4-8-19(20)21)15-22(27)24-10-6-3-7-11-24/h4-5,8-9,14,17-18H,3,6-7,10-13,15-16H2,1-2H3/t17-,18-/m1/s1. The van der Waals surface area contributed by atoms with Gasteiger partial charge in [0.15, 0.2) is 9.84 Å². The molecule has 3 heterocycles. The Hall–Kier alpha value is -2.39. The van der Waals surface area contributed by atoms with Crippen LogP contribution in [-0.4, -0.2) is 78.7 Å². The number of morpholine rings is 1. The van der Waals surface area contributed by atoms with Crippen LogP contribution in [0.15, 0.2) is 35.4 Å². The molecule has 2 saturated heterocycles. The lowest BCUT2D eigenvalue weighted by molar-refractivity contribution is -0.140. The third-order valence-electron chi connectivity index (χ3n) is 6.19. The fourth-order valence-corrected chi connectivity index (χ4v) is 6.15. The summed E-state index contributed by atoms with van der Waals surface area (Å²) in [6, 6.07) is 7.13. The number of piperidine rings is 1. The first-order chi connectivity index (χ1) is 15.2. The Kier molecular flexibility index (Phi) is 6.57. The molecule has 2 aliphatic rings. The van der Waals surface area contributed by atoms with Crippen LogP contribution in [0.4, 0.5) is 0 Å². The van der Waals surface area contributed by atoms with Gasteiger partial charge in [0, 0.05) is 43.3 Å². The molecule has 8 nitrogen and oxygen atoms in total. The van der Waals surface area contributed by atoms with Gasteiger partial charge in [0.1, 0.15) is 12.3 Å². The minimum Gasteiger partial charge on any atom is -0.372 e. The van der Waals surface area contributed by atoms with Crippen molar-refractivity contribution in [1.82, 2.24) is 14.4 Å². The zero-order valence-electron chi connectivity index (χ0n) is 18.7. The average Bonchev–Trinajstić information content (AvgIpc) is 3.13. The highest BCUT2D eigenvalue weighted by Gasteiger charge is 2.31. The van der Waals surface area contributed by atoms with Crippen LogP contribution in [0.5, 0.6) is 0 Å². The number of sulfone groups is 1. The molecule has 9 heteroatoms. The third-order valence-corrected chi connectivity index (χ3v) is 7.81. The van der Waals surface area contributed by atoms with Gasteiger partial charge in [0.05, 0.1) is 17.1 Å². The molecule has 174 valence electrons. The summed E-state index contributed by atoms with van der Waals surface area (Å²) < 4.78 is 33.9. The van der Waals surface area contributed by atoms with Gasteiger partial charge >= 0.3 is 0 Å². The zero-order valence-corrected chi connectivity index (χ0v) is 19.5. The SMILES string of the molecule is C[C@@H]1CN(C(=O)CS(=O)(=O)c2cn(CC(=O)N3CCCCC3)c3ccccc23)C[C@@H](C)O1. The van der Waals surface area contributed by atoms with Crippen molar-refractivity contribution in [3.63, 3.8) is 0 Å². The lowest BCUT2D eigenvalue weighted by Crippen LogP contribution is -2.49. The van der Waals surface area contributed by atoms with Gasteiger partial charge in [0.25, 0.3) is 0 Å². The summed E-state index contributed by atoms with van der Waals surface area (Å²) in [6.45, 7) is 6.08. The van der Waals surface area contributed by atoms with Crippen LogP contribution in [0.2, 0.25) is 0 Å². The number of benzene rings is 1.